The zero-order valence-corrected chi connectivity index (χ0v) is 12.4. The van der Waals surface area contributed by atoms with E-state index in [9.17, 15) is 0 Å². The molecule has 0 fully saturated rings. The van der Waals surface area contributed by atoms with Gasteiger partial charge in [-0.1, -0.05) is 6.07 Å². The van der Waals surface area contributed by atoms with E-state index in [1.807, 2.05) is 0 Å². The van der Waals surface area contributed by atoms with Crippen LogP contribution in [0.2, 0.25) is 0 Å². The van der Waals surface area contributed by atoms with Crippen molar-refractivity contribution in [3.05, 3.63) is 34.3 Å². The van der Waals surface area contributed by atoms with E-state index in [0.717, 1.165) is 12.2 Å². The van der Waals surface area contributed by atoms with Crippen LogP contribution >= 0.6 is 11.3 Å². The number of nitrogen functional groups attached to an aromatic ring is 1. The number of thiophene rings is 1. The first-order chi connectivity index (χ1) is 9.71. The third-order valence-corrected chi connectivity index (χ3v) is 3.57. The first kappa shape index (κ1) is 14.7. The van der Waals surface area contributed by atoms with E-state index in [4.69, 9.17) is 10.6 Å². The van der Waals surface area contributed by atoms with Gasteiger partial charge in [-0.15, -0.1) is 11.3 Å². The quantitative estimate of drug-likeness (QED) is 0.535. The van der Waals surface area contributed by atoms with Crippen molar-refractivity contribution in [3.63, 3.8) is 0 Å². The molecule has 0 spiro atoms. The van der Waals surface area contributed by atoms with Crippen LogP contribution in [-0.2, 0) is 17.8 Å². The lowest BCUT2D eigenvalue weighted by Gasteiger charge is -2.15. The van der Waals surface area contributed by atoms with Crippen molar-refractivity contribution in [1.82, 2.24) is 9.97 Å². The normalized spacial score (nSPS) is 12.2. The predicted molar refractivity (Wildman–Crippen MR) is 81.7 cm³/mol. The molecule has 1 atom stereocenters. The number of anilines is 2. The van der Waals surface area contributed by atoms with Crippen LogP contribution in [0.15, 0.2) is 23.6 Å². The van der Waals surface area contributed by atoms with Crippen LogP contribution < -0.4 is 16.6 Å². The van der Waals surface area contributed by atoms with Crippen molar-refractivity contribution in [2.45, 2.75) is 26.0 Å². The maximum atomic E-state index is 5.42. The summed E-state index contributed by atoms with van der Waals surface area (Å²) >= 11 is 1.76. The number of nitrogens with two attached hydrogens (primary N) is 1. The molecule has 0 saturated heterocycles. The number of methoxy groups -OCH3 is 1. The minimum Gasteiger partial charge on any atom is -0.377 e. The molecule has 0 bridgehead atoms. The zero-order valence-electron chi connectivity index (χ0n) is 11.6. The molecule has 0 aromatic carbocycles. The van der Waals surface area contributed by atoms with Gasteiger partial charge < -0.3 is 15.5 Å². The molecular formula is C13H19N5OS. The molecule has 2 aromatic heterocycles. The van der Waals surface area contributed by atoms with E-state index in [1.54, 1.807) is 24.5 Å². The third kappa shape index (κ3) is 4.16. The fourth-order valence-electron chi connectivity index (χ4n) is 1.87. The highest BCUT2D eigenvalue weighted by atomic mass is 32.1. The monoisotopic (exact) mass is 293 g/mol. The average molecular weight is 293 g/mol. The van der Waals surface area contributed by atoms with E-state index < -0.39 is 0 Å². The van der Waals surface area contributed by atoms with Crippen LogP contribution in [-0.4, -0.2) is 23.1 Å². The largest absolute Gasteiger partial charge is 0.377 e. The minimum atomic E-state index is 0.268. The van der Waals surface area contributed by atoms with Gasteiger partial charge in [0.25, 0.3) is 0 Å². The van der Waals surface area contributed by atoms with Crippen LogP contribution in [0.4, 0.5) is 11.6 Å². The number of nitrogens with one attached hydrogen (secondary N) is 2. The molecule has 0 amide bonds. The summed E-state index contributed by atoms with van der Waals surface area (Å²) in [5.41, 5.74) is 2.54. The Morgan fingerprint density at radius 1 is 1.40 bits per heavy atom. The number of hydrogen-bond acceptors (Lipinski definition) is 7. The summed E-state index contributed by atoms with van der Waals surface area (Å²) in [6, 6.07) is 6.24. The van der Waals surface area contributed by atoms with Gasteiger partial charge in [-0.2, -0.15) is 0 Å². The van der Waals surface area contributed by atoms with E-state index in [1.165, 1.54) is 4.88 Å². The van der Waals surface area contributed by atoms with Gasteiger partial charge in [0.1, 0.15) is 18.2 Å². The van der Waals surface area contributed by atoms with Crippen molar-refractivity contribution in [3.8, 4) is 0 Å². The van der Waals surface area contributed by atoms with Crippen molar-refractivity contribution >= 4 is 23.0 Å². The first-order valence-electron chi connectivity index (χ1n) is 6.33. The van der Waals surface area contributed by atoms with Crippen LogP contribution in [0.5, 0.6) is 0 Å². The summed E-state index contributed by atoms with van der Waals surface area (Å²) in [6.07, 6.45) is 0.951. The zero-order chi connectivity index (χ0) is 14.4. The maximum Gasteiger partial charge on any atom is 0.158 e. The summed E-state index contributed by atoms with van der Waals surface area (Å²) in [7, 11) is 1.61. The highest BCUT2D eigenvalue weighted by molar-refractivity contribution is 7.09. The lowest BCUT2D eigenvalue weighted by Crippen LogP contribution is -2.20. The molecule has 1 unspecified atom stereocenters. The molecule has 0 aliphatic carbocycles. The molecule has 0 aliphatic rings. The topological polar surface area (TPSA) is 85.1 Å². The Balaban J connectivity index is 2.05. The van der Waals surface area contributed by atoms with E-state index in [2.05, 4.69) is 45.1 Å². The third-order valence-electron chi connectivity index (χ3n) is 2.68. The molecule has 0 saturated carbocycles. The Morgan fingerprint density at radius 3 is 2.85 bits per heavy atom. The average Bonchev–Trinajstić information content (AvgIpc) is 2.91. The van der Waals surface area contributed by atoms with Crippen LogP contribution in [0, 0.1) is 0 Å². The van der Waals surface area contributed by atoms with Gasteiger partial charge in [0, 0.05) is 30.5 Å². The summed E-state index contributed by atoms with van der Waals surface area (Å²) in [5.74, 6) is 7.32. The Kier molecular flexibility index (Phi) is 5.28. The maximum absolute atomic E-state index is 5.42. The van der Waals surface area contributed by atoms with Gasteiger partial charge >= 0.3 is 0 Å². The van der Waals surface area contributed by atoms with Crippen LogP contribution in [0.25, 0.3) is 0 Å². The fourth-order valence-corrected chi connectivity index (χ4v) is 2.71. The molecular weight excluding hydrogens is 274 g/mol. The fraction of sp³-hybridized carbons (Fsp3) is 0.385. The number of rotatable bonds is 7. The second kappa shape index (κ2) is 7.18. The number of hydrazine groups is 1. The lowest BCUT2D eigenvalue weighted by molar-refractivity contribution is 0.178. The molecule has 2 rings (SSSR count). The Morgan fingerprint density at radius 2 is 2.20 bits per heavy atom. The van der Waals surface area contributed by atoms with Crippen molar-refractivity contribution in [2.24, 2.45) is 5.84 Å². The molecule has 4 N–H and O–H groups in total. The van der Waals surface area contributed by atoms with E-state index in [0.29, 0.717) is 18.2 Å². The van der Waals surface area contributed by atoms with E-state index in [-0.39, 0.29) is 6.04 Å². The van der Waals surface area contributed by atoms with Crippen LogP contribution in [0.1, 0.15) is 17.6 Å². The molecule has 7 heteroatoms. The summed E-state index contributed by atoms with van der Waals surface area (Å²) in [5, 5.41) is 5.44. The summed E-state index contributed by atoms with van der Waals surface area (Å²) in [4.78, 5) is 9.96. The van der Waals surface area contributed by atoms with Crippen LogP contribution in [0.3, 0.4) is 0 Å². The SMILES string of the molecule is COCc1nc(NN)cc(NC(C)Cc2cccs2)n1. The van der Waals surface area contributed by atoms with Gasteiger partial charge in [-0.05, 0) is 18.4 Å². The van der Waals surface area contributed by atoms with Gasteiger partial charge in [0.2, 0.25) is 0 Å². The molecule has 108 valence electrons. The van der Waals surface area contributed by atoms with Crippen molar-refractivity contribution < 1.29 is 4.74 Å². The second-order valence-electron chi connectivity index (χ2n) is 4.46. The van der Waals surface area contributed by atoms with Crippen molar-refractivity contribution in [1.29, 1.82) is 0 Å². The Labute approximate surface area is 122 Å². The van der Waals surface area contributed by atoms with Crippen molar-refractivity contribution in [2.75, 3.05) is 17.9 Å². The first-order valence-corrected chi connectivity index (χ1v) is 7.21. The molecule has 0 aliphatic heterocycles. The Hall–Kier alpha value is -1.70. The standard InChI is InChI=1S/C13H19N5OS/c1-9(6-10-4-3-5-20-10)15-11-7-12(18-14)17-13(16-11)8-19-2/h3-5,7,9H,6,8,14H2,1-2H3,(H2,15,16,17,18). The molecule has 2 heterocycles. The van der Waals surface area contributed by atoms with Gasteiger partial charge in [0.05, 0.1) is 0 Å². The Bertz CT molecular complexity index is 532. The summed E-state index contributed by atoms with van der Waals surface area (Å²) in [6.45, 7) is 2.47. The van der Waals surface area contributed by atoms with Gasteiger partial charge in [-0.25, -0.2) is 15.8 Å². The lowest BCUT2D eigenvalue weighted by atomic mass is 10.2. The molecule has 2 aromatic rings. The predicted octanol–water partition coefficient (Wildman–Crippen LogP) is 2.01. The molecule has 6 nitrogen and oxygen atoms in total. The number of nitrogens with zero attached hydrogens (tertiary/aromatic N) is 2. The van der Waals surface area contributed by atoms with Gasteiger partial charge in [0.15, 0.2) is 5.82 Å². The van der Waals surface area contributed by atoms with Gasteiger partial charge in [-0.3, -0.25) is 0 Å². The molecule has 0 radical (unpaired) electrons. The number of aromatic nitrogens is 2. The molecule has 20 heavy (non-hydrogen) atoms. The highest BCUT2D eigenvalue weighted by Gasteiger charge is 2.08. The number of ether oxygens (including phenoxy) is 1. The smallest absolute Gasteiger partial charge is 0.158 e. The minimum absolute atomic E-state index is 0.268. The van der Waals surface area contributed by atoms with E-state index >= 15 is 0 Å². The number of hydrogen-bond donors (Lipinski definition) is 3. The highest BCUT2D eigenvalue weighted by Crippen LogP contribution is 2.16. The summed E-state index contributed by atoms with van der Waals surface area (Å²) < 4.78 is 5.05. The second-order valence-corrected chi connectivity index (χ2v) is 5.49.